The highest BCUT2D eigenvalue weighted by Gasteiger charge is 2.34. The lowest BCUT2D eigenvalue weighted by molar-refractivity contribution is -0.133. The van der Waals surface area contributed by atoms with E-state index in [-0.39, 0.29) is 30.6 Å². The van der Waals surface area contributed by atoms with E-state index in [1.54, 1.807) is 7.05 Å². The van der Waals surface area contributed by atoms with E-state index in [0.29, 0.717) is 6.42 Å². The normalized spacial score (nSPS) is 16.1. The highest BCUT2D eigenvalue weighted by atomic mass is 16.2. The van der Waals surface area contributed by atoms with Gasteiger partial charge in [-0.2, -0.15) is 5.10 Å². The van der Waals surface area contributed by atoms with Crippen LogP contribution in [0.4, 0.5) is 4.79 Å². The van der Waals surface area contributed by atoms with Crippen molar-refractivity contribution in [3.05, 3.63) is 59.4 Å². The van der Waals surface area contributed by atoms with Crippen LogP contribution in [0.25, 0.3) is 0 Å². The summed E-state index contributed by atoms with van der Waals surface area (Å²) in [6, 6.07) is 11.7. The van der Waals surface area contributed by atoms with Gasteiger partial charge in [0.05, 0.1) is 17.4 Å². The summed E-state index contributed by atoms with van der Waals surface area (Å²) in [5.74, 6) is -0.207. The van der Waals surface area contributed by atoms with E-state index in [9.17, 15) is 9.59 Å². The van der Waals surface area contributed by atoms with Crippen LogP contribution in [0.5, 0.6) is 0 Å². The molecule has 1 aromatic heterocycles. The molecule has 1 aromatic carbocycles. The zero-order valence-corrected chi connectivity index (χ0v) is 17.7. The van der Waals surface area contributed by atoms with Crippen LogP contribution in [-0.2, 0) is 11.8 Å². The molecule has 7 heteroatoms. The Bertz CT molecular complexity index is 914. The second kappa shape index (κ2) is 8.51. The first-order valence-electron chi connectivity index (χ1n) is 9.85. The summed E-state index contributed by atoms with van der Waals surface area (Å²) in [7, 11) is 3.58. The summed E-state index contributed by atoms with van der Waals surface area (Å²) in [5.41, 5.74) is 4.05. The summed E-state index contributed by atoms with van der Waals surface area (Å²) in [6.45, 7) is 5.77. The number of nitrogens with zero attached hydrogens (tertiary/aromatic N) is 4. The Morgan fingerprint density at radius 2 is 1.93 bits per heavy atom. The standard InChI is InChI=1S/C22H29N5O2/c1-15(2)23-22(29)26(5)14-21(28)27-20(17-10-8-16(3)9-11-17)13-18(24-27)19-7-6-12-25(19)4/h6-12,15,20H,13-14H2,1-5H3,(H,23,29)/t20-/m0/s1. The Morgan fingerprint density at radius 1 is 1.24 bits per heavy atom. The third-order valence-corrected chi connectivity index (χ3v) is 5.00. The van der Waals surface area contributed by atoms with E-state index in [4.69, 9.17) is 0 Å². The molecule has 3 rings (SSSR count). The van der Waals surface area contributed by atoms with Gasteiger partial charge >= 0.3 is 6.03 Å². The first kappa shape index (κ1) is 20.6. The molecule has 2 heterocycles. The highest BCUT2D eigenvalue weighted by Crippen LogP contribution is 2.33. The first-order chi connectivity index (χ1) is 13.8. The van der Waals surface area contributed by atoms with E-state index in [2.05, 4.69) is 10.4 Å². The molecule has 1 aliphatic heterocycles. The van der Waals surface area contributed by atoms with E-state index in [1.807, 2.05) is 75.0 Å². The fraction of sp³-hybridized carbons (Fsp3) is 0.409. The Kier molecular flexibility index (Phi) is 6.06. The zero-order chi connectivity index (χ0) is 21.1. The quantitative estimate of drug-likeness (QED) is 0.845. The SMILES string of the molecule is Cc1ccc([C@@H]2CC(c3cccn3C)=NN2C(=O)CN(C)C(=O)NC(C)C)cc1. The maximum atomic E-state index is 13.1. The van der Waals surface area contributed by atoms with Gasteiger partial charge in [0.15, 0.2) is 0 Å². The average molecular weight is 396 g/mol. The molecule has 7 nitrogen and oxygen atoms in total. The Hall–Kier alpha value is -3.09. The Balaban J connectivity index is 1.85. The van der Waals surface area contributed by atoms with Gasteiger partial charge in [0.25, 0.3) is 5.91 Å². The van der Waals surface area contributed by atoms with Gasteiger partial charge in [0.2, 0.25) is 0 Å². The molecule has 1 aliphatic rings. The average Bonchev–Trinajstić information content (AvgIpc) is 3.28. The van der Waals surface area contributed by atoms with Crippen molar-refractivity contribution < 1.29 is 9.59 Å². The second-order valence-corrected chi connectivity index (χ2v) is 7.88. The lowest BCUT2D eigenvalue weighted by atomic mass is 9.99. The summed E-state index contributed by atoms with van der Waals surface area (Å²) in [5, 5.41) is 9.00. The number of carbonyl (C=O) groups excluding carboxylic acids is 2. The predicted octanol–water partition coefficient (Wildman–Crippen LogP) is 3.06. The van der Waals surface area contributed by atoms with Gasteiger partial charge in [-0.05, 0) is 38.5 Å². The lowest BCUT2D eigenvalue weighted by Gasteiger charge is -2.25. The number of likely N-dealkylation sites (N-methyl/N-ethyl adjacent to an activating group) is 1. The molecule has 0 spiro atoms. The number of nitrogens with one attached hydrogen (secondary N) is 1. The monoisotopic (exact) mass is 395 g/mol. The molecule has 3 amide bonds. The number of hydrogen-bond acceptors (Lipinski definition) is 3. The number of amides is 3. The van der Waals surface area contributed by atoms with Crippen LogP contribution in [-0.4, -0.2) is 51.8 Å². The molecule has 0 aliphatic carbocycles. The highest BCUT2D eigenvalue weighted by molar-refractivity contribution is 6.02. The van der Waals surface area contributed by atoms with Crippen LogP contribution >= 0.6 is 0 Å². The largest absolute Gasteiger partial charge is 0.350 e. The molecule has 0 saturated heterocycles. The molecule has 0 unspecified atom stereocenters. The van der Waals surface area contributed by atoms with Crippen LogP contribution in [0.2, 0.25) is 0 Å². The van der Waals surface area contributed by atoms with Gasteiger partial charge in [-0.25, -0.2) is 9.80 Å². The lowest BCUT2D eigenvalue weighted by Crippen LogP contribution is -2.45. The van der Waals surface area contributed by atoms with Gasteiger partial charge in [0, 0.05) is 32.8 Å². The van der Waals surface area contributed by atoms with E-state index >= 15 is 0 Å². The number of rotatable bonds is 5. The van der Waals surface area contributed by atoms with Crippen molar-refractivity contribution in [2.45, 2.75) is 39.3 Å². The van der Waals surface area contributed by atoms with Gasteiger partial charge in [-0.3, -0.25) is 4.79 Å². The van der Waals surface area contributed by atoms with Gasteiger partial charge in [-0.1, -0.05) is 29.8 Å². The van der Waals surface area contributed by atoms with Gasteiger partial charge in [-0.15, -0.1) is 0 Å². The number of hydrazone groups is 1. The summed E-state index contributed by atoms with van der Waals surface area (Å²) >= 11 is 0. The number of carbonyl (C=O) groups is 2. The molecular weight excluding hydrogens is 366 g/mol. The van der Waals surface area contributed by atoms with Crippen molar-refractivity contribution in [1.29, 1.82) is 0 Å². The van der Waals surface area contributed by atoms with Gasteiger partial charge < -0.3 is 14.8 Å². The minimum Gasteiger partial charge on any atom is -0.350 e. The maximum absolute atomic E-state index is 13.1. The van der Waals surface area contributed by atoms with Crippen molar-refractivity contribution in [2.75, 3.05) is 13.6 Å². The van der Waals surface area contributed by atoms with Crippen molar-refractivity contribution in [2.24, 2.45) is 12.1 Å². The number of aromatic nitrogens is 1. The topological polar surface area (TPSA) is 69.9 Å². The third kappa shape index (κ3) is 4.67. The zero-order valence-electron chi connectivity index (χ0n) is 17.7. The second-order valence-electron chi connectivity index (χ2n) is 7.88. The molecule has 1 atom stereocenters. The summed E-state index contributed by atoms with van der Waals surface area (Å²) in [6.07, 6.45) is 2.60. The van der Waals surface area contributed by atoms with E-state index in [0.717, 1.165) is 17.0 Å². The number of benzene rings is 1. The fourth-order valence-electron chi connectivity index (χ4n) is 3.41. The van der Waals surface area contributed by atoms with Crippen LogP contribution < -0.4 is 5.32 Å². The van der Waals surface area contributed by atoms with Crippen molar-refractivity contribution in [3.63, 3.8) is 0 Å². The third-order valence-electron chi connectivity index (χ3n) is 5.00. The number of urea groups is 1. The van der Waals surface area contributed by atoms with E-state index < -0.39 is 0 Å². The van der Waals surface area contributed by atoms with Crippen molar-refractivity contribution >= 4 is 17.6 Å². The summed E-state index contributed by atoms with van der Waals surface area (Å²) < 4.78 is 2.00. The Labute approximate surface area is 172 Å². The summed E-state index contributed by atoms with van der Waals surface area (Å²) in [4.78, 5) is 26.7. The van der Waals surface area contributed by atoms with Crippen molar-refractivity contribution in [1.82, 2.24) is 19.8 Å². The predicted molar refractivity (Wildman–Crippen MR) is 114 cm³/mol. The van der Waals surface area contributed by atoms with E-state index in [1.165, 1.54) is 15.5 Å². The Morgan fingerprint density at radius 3 is 2.52 bits per heavy atom. The first-order valence-corrected chi connectivity index (χ1v) is 9.85. The minimum absolute atomic E-state index is 0.00844. The molecule has 0 bridgehead atoms. The molecule has 2 aromatic rings. The number of aryl methyl sites for hydroxylation is 2. The van der Waals surface area contributed by atoms with Crippen LogP contribution in [0.1, 0.15) is 43.1 Å². The molecule has 0 radical (unpaired) electrons. The molecule has 0 saturated carbocycles. The van der Waals surface area contributed by atoms with Crippen LogP contribution in [0.15, 0.2) is 47.7 Å². The smallest absolute Gasteiger partial charge is 0.317 e. The maximum Gasteiger partial charge on any atom is 0.317 e. The number of hydrogen-bond donors (Lipinski definition) is 1. The van der Waals surface area contributed by atoms with Crippen LogP contribution in [0, 0.1) is 6.92 Å². The van der Waals surface area contributed by atoms with Crippen LogP contribution in [0.3, 0.4) is 0 Å². The molecular formula is C22H29N5O2. The molecule has 0 fully saturated rings. The van der Waals surface area contributed by atoms with Gasteiger partial charge in [0.1, 0.15) is 6.54 Å². The minimum atomic E-state index is -0.272. The van der Waals surface area contributed by atoms with Crippen molar-refractivity contribution in [3.8, 4) is 0 Å². The molecule has 29 heavy (non-hydrogen) atoms. The molecule has 154 valence electrons. The molecule has 1 N–H and O–H groups in total. The fourth-order valence-corrected chi connectivity index (χ4v) is 3.41.